The van der Waals surface area contributed by atoms with Crippen molar-refractivity contribution in [2.24, 2.45) is 0 Å². The van der Waals surface area contributed by atoms with Crippen molar-refractivity contribution < 1.29 is 13.9 Å². The zero-order chi connectivity index (χ0) is 17.6. The number of carbonyl (C=O) groups is 1. The quantitative estimate of drug-likeness (QED) is 0.827. The van der Waals surface area contributed by atoms with Crippen LogP contribution in [-0.2, 0) is 17.8 Å². The van der Waals surface area contributed by atoms with Gasteiger partial charge in [0.15, 0.2) is 0 Å². The molecule has 1 saturated heterocycles. The predicted octanol–water partition coefficient (Wildman–Crippen LogP) is 3.35. The number of hydrogen-bond acceptors (Lipinski definition) is 3. The Labute approximate surface area is 155 Å². The Morgan fingerprint density at radius 2 is 2.00 bits per heavy atom. The van der Waals surface area contributed by atoms with Crippen molar-refractivity contribution in [3.63, 3.8) is 0 Å². The van der Waals surface area contributed by atoms with Gasteiger partial charge in [0.05, 0.1) is 13.2 Å². The van der Waals surface area contributed by atoms with Crippen molar-refractivity contribution in [2.45, 2.75) is 13.1 Å². The summed E-state index contributed by atoms with van der Waals surface area (Å²) in [5, 5.41) is 2.78. The van der Waals surface area contributed by atoms with Crippen molar-refractivity contribution in [2.75, 3.05) is 26.3 Å². The zero-order valence-electron chi connectivity index (χ0n) is 13.8. The molecule has 3 rings (SSSR count). The third-order valence-electron chi connectivity index (χ3n) is 4.15. The SMILES string of the molecule is O=C(NCc1cc(Br)ccc1F)c1cccc(CN2CCOCC2)c1. The highest BCUT2D eigenvalue weighted by atomic mass is 79.9. The molecule has 6 heteroatoms. The van der Waals surface area contributed by atoms with Crippen LogP contribution >= 0.6 is 15.9 Å². The molecule has 0 saturated carbocycles. The number of nitrogens with one attached hydrogen (secondary N) is 1. The molecule has 1 heterocycles. The smallest absolute Gasteiger partial charge is 0.251 e. The minimum absolute atomic E-state index is 0.151. The molecule has 1 fully saturated rings. The highest BCUT2D eigenvalue weighted by Crippen LogP contribution is 2.16. The molecule has 1 aliphatic heterocycles. The van der Waals surface area contributed by atoms with Crippen molar-refractivity contribution in [3.05, 3.63) is 69.4 Å². The lowest BCUT2D eigenvalue weighted by atomic mass is 10.1. The van der Waals surface area contributed by atoms with Crippen LogP contribution in [0.15, 0.2) is 46.9 Å². The van der Waals surface area contributed by atoms with Gasteiger partial charge in [0.2, 0.25) is 0 Å². The van der Waals surface area contributed by atoms with Gasteiger partial charge in [0, 0.05) is 41.8 Å². The van der Waals surface area contributed by atoms with Crippen LogP contribution in [0, 0.1) is 5.82 Å². The topological polar surface area (TPSA) is 41.6 Å². The molecule has 2 aromatic rings. The summed E-state index contributed by atoms with van der Waals surface area (Å²) < 4.78 is 19.9. The summed E-state index contributed by atoms with van der Waals surface area (Å²) in [5.41, 5.74) is 2.12. The third kappa shape index (κ3) is 5.11. The van der Waals surface area contributed by atoms with Crippen LogP contribution in [0.25, 0.3) is 0 Å². The van der Waals surface area contributed by atoms with E-state index in [9.17, 15) is 9.18 Å². The van der Waals surface area contributed by atoms with Gasteiger partial charge in [-0.1, -0.05) is 28.1 Å². The largest absolute Gasteiger partial charge is 0.379 e. The van der Waals surface area contributed by atoms with E-state index in [0.717, 1.165) is 42.9 Å². The second-order valence-electron chi connectivity index (χ2n) is 6.01. The number of halogens is 2. The average Bonchev–Trinajstić information content (AvgIpc) is 2.63. The number of amides is 1. The van der Waals surface area contributed by atoms with Gasteiger partial charge in [-0.2, -0.15) is 0 Å². The first-order chi connectivity index (χ1) is 12.1. The average molecular weight is 407 g/mol. The molecule has 0 unspecified atom stereocenters. The van der Waals surface area contributed by atoms with Crippen molar-refractivity contribution in [3.8, 4) is 0 Å². The van der Waals surface area contributed by atoms with Gasteiger partial charge in [0.1, 0.15) is 5.82 Å². The summed E-state index contributed by atoms with van der Waals surface area (Å²) in [7, 11) is 0. The second-order valence-corrected chi connectivity index (χ2v) is 6.92. The standard InChI is InChI=1S/C19H20BrFN2O2/c20-17-4-5-18(21)16(11-17)12-22-19(24)15-3-1-2-14(10-15)13-23-6-8-25-9-7-23/h1-5,10-11H,6-9,12-13H2,(H,22,24). The highest BCUT2D eigenvalue weighted by Gasteiger charge is 2.12. The Hall–Kier alpha value is -1.76. The Morgan fingerprint density at radius 3 is 2.80 bits per heavy atom. The second kappa shape index (κ2) is 8.56. The van der Waals surface area contributed by atoms with E-state index >= 15 is 0 Å². The van der Waals surface area contributed by atoms with E-state index < -0.39 is 0 Å². The van der Waals surface area contributed by atoms with Crippen LogP contribution in [0.4, 0.5) is 4.39 Å². The summed E-state index contributed by atoms with van der Waals surface area (Å²) in [4.78, 5) is 14.7. The Balaban J connectivity index is 1.61. The molecular formula is C19H20BrFN2O2. The highest BCUT2D eigenvalue weighted by molar-refractivity contribution is 9.10. The number of ether oxygens (including phenoxy) is 1. The number of hydrogen-bond donors (Lipinski definition) is 1. The fourth-order valence-corrected chi connectivity index (χ4v) is 3.19. The van der Waals surface area contributed by atoms with Gasteiger partial charge in [-0.15, -0.1) is 0 Å². The molecule has 1 amide bonds. The summed E-state index contributed by atoms with van der Waals surface area (Å²) in [6.45, 7) is 4.25. The van der Waals surface area contributed by atoms with Crippen LogP contribution < -0.4 is 5.32 Å². The van der Waals surface area contributed by atoms with E-state index in [-0.39, 0.29) is 18.3 Å². The molecule has 4 nitrogen and oxygen atoms in total. The van der Waals surface area contributed by atoms with Crippen molar-refractivity contribution in [1.29, 1.82) is 0 Å². The molecular weight excluding hydrogens is 387 g/mol. The summed E-state index contributed by atoms with van der Waals surface area (Å²) in [6, 6.07) is 12.2. The van der Waals surface area contributed by atoms with Gasteiger partial charge in [-0.25, -0.2) is 4.39 Å². The van der Waals surface area contributed by atoms with Crippen LogP contribution in [0.3, 0.4) is 0 Å². The van der Waals surface area contributed by atoms with Gasteiger partial charge in [-0.3, -0.25) is 9.69 Å². The number of benzene rings is 2. The molecule has 25 heavy (non-hydrogen) atoms. The van der Waals surface area contributed by atoms with Crippen molar-refractivity contribution in [1.82, 2.24) is 10.2 Å². The Bertz CT molecular complexity index is 748. The maximum atomic E-state index is 13.8. The lowest BCUT2D eigenvalue weighted by Crippen LogP contribution is -2.35. The molecule has 0 spiro atoms. The third-order valence-corrected chi connectivity index (χ3v) is 4.64. The minimum Gasteiger partial charge on any atom is -0.379 e. The molecule has 0 radical (unpaired) electrons. The predicted molar refractivity (Wildman–Crippen MR) is 97.8 cm³/mol. The minimum atomic E-state index is -0.329. The first kappa shape index (κ1) is 18.0. The molecule has 0 aliphatic carbocycles. The van der Waals surface area contributed by atoms with Gasteiger partial charge in [-0.05, 0) is 35.9 Å². The fraction of sp³-hybridized carbons (Fsp3) is 0.316. The van der Waals surface area contributed by atoms with E-state index in [1.54, 1.807) is 18.2 Å². The Morgan fingerprint density at radius 1 is 1.20 bits per heavy atom. The number of morpholine rings is 1. The lowest BCUT2D eigenvalue weighted by Gasteiger charge is -2.26. The van der Waals surface area contributed by atoms with E-state index in [1.165, 1.54) is 6.07 Å². The molecule has 132 valence electrons. The molecule has 2 aromatic carbocycles. The maximum absolute atomic E-state index is 13.8. The first-order valence-electron chi connectivity index (χ1n) is 8.23. The molecule has 1 aliphatic rings. The fourth-order valence-electron chi connectivity index (χ4n) is 2.78. The monoisotopic (exact) mass is 406 g/mol. The van der Waals surface area contributed by atoms with E-state index in [0.29, 0.717) is 11.1 Å². The van der Waals surface area contributed by atoms with Gasteiger partial charge < -0.3 is 10.1 Å². The van der Waals surface area contributed by atoms with Crippen LogP contribution in [0.1, 0.15) is 21.5 Å². The van der Waals surface area contributed by atoms with Crippen molar-refractivity contribution >= 4 is 21.8 Å². The van der Waals surface area contributed by atoms with E-state index in [4.69, 9.17) is 4.74 Å². The van der Waals surface area contributed by atoms with E-state index in [1.807, 2.05) is 18.2 Å². The normalized spacial score (nSPS) is 15.1. The zero-order valence-corrected chi connectivity index (χ0v) is 15.4. The lowest BCUT2D eigenvalue weighted by molar-refractivity contribution is 0.0342. The summed E-state index contributed by atoms with van der Waals surface area (Å²) in [5.74, 6) is -0.534. The van der Waals surface area contributed by atoms with Crippen LogP contribution in [0.2, 0.25) is 0 Å². The van der Waals surface area contributed by atoms with Gasteiger partial charge in [0.25, 0.3) is 5.91 Å². The number of carbonyl (C=O) groups excluding carboxylic acids is 1. The molecule has 0 bridgehead atoms. The molecule has 0 aromatic heterocycles. The van der Waals surface area contributed by atoms with Gasteiger partial charge >= 0.3 is 0 Å². The number of nitrogens with zero attached hydrogens (tertiary/aromatic N) is 1. The first-order valence-corrected chi connectivity index (χ1v) is 9.02. The molecule has 1 N–H and O–H groups in total. The number of rotatable bonds is 5. The Kier molecular flexibility index (Phi) is 6.18. The maximum Gasteiger partial charge on any atom is 0.251 e. The summed E-state index contributed by atoms with van der Waals surface area (Å²) in [6.07, 6.45) is 0. The van der Waals surface area contributed by atoms with E-state index in [2.05, 4.69) is 26.1 Å². The summed E-state index contributed by atoms with van der Waals surface area (Å²) >= 11 is 3.31. The van der Waals surface area contributed by atoms with Crippen LogP contribution in [0.5, 0.6) is 0 Å². The van der Waals surface area contributed by atoms with Crippen LogP contribution in [-0.4, -0.2) is 37.1 Å². The molecule has 0 atom stereocenters.